The second-order valence-corrected chi connectivity index (χ2v) is 16.4. The zero-order valence-corrected chi connectivity index (χ0v) is 34.2. The van der Waals surface area contributed by atoms with Crippen molar-refractivity contribution < 1.29 is 4.42 Å². The first-order valence-corrected chi connectivity index (χ1v) is 21.3. The maximum atomic E-state index is 9.89. The first kappa shape index (κ1) is 35.8. The molecule has 13 aromatic rings. The van der Waals surface area contributed by atoms with Crippen LogP contribution >= 0.6 is 0 Å². The van der Waals surface area contributed by atoms with Crippen LogP contribution in [0.25, 0.3) is 127 Å². The average molecular weight is 816 g/mol. The van der Waals surface area contributed by atoms with Crippen LogP contribution in [0.2, 0.25) is 0 Å². The van der Waals surface area contributed by atoms with E-state index in [1.807, 2.05) is 18.2 Å². The highest BCUT2D eigenvalue weighted by Crippen LogP contribution is 2.39. The second kappa shape index (κ2) is 14.1. The van der Waals surface area contributed by atoms with Gasteiger partial charge < -0.3 is 8.98 Å². The van der Waals surface area contributed by atoms with Crippen LogP contribution in [0, 0.1) is 11.3 Å². The van der Waals surface area contributed by atoms with Crippen molar-refractivity contribution >= 4 is 76.1 Å². The number of aromatic nitrogens is 4. The van der Waals surface area contributed by atoms with Gasteiger partial charge in [0, 0.05) is 43.9 Å². The zero-order chi connectivity index (χ0) is 42.3. The van der Waals surface area contributed by atoms with Crippen LogP contribution in [0.3, 0.4) is 0 Å². The van der Waals surface area contributed by atoms with Gasteiger partial charge in [0.05, 0.1) is 22.7 Å². The van der Waals surface area contributed by atoms with Crippen LogP contribution in [-0.2, 0) is 0 Å². The first-order chi connectivity index (χ1) is 31.6. The molecule has 10 aromatic carbocycles. The van der Waals surface area contributed by atoms with Gasteiger partial charge in [-0.1, -0.05) is 121 Å². The van der Waals surface area contributed by atoms with Gasteiger partial charge in [-0.3, -0.25) is 0 Å². The Hall–Kier alpha value is -8.92. The molecule has 0 atom stereocenters. The Bertz CT molecular complexity index is 4020. The summed E-state index contributed by atoms with van der Waals surface area (Å²) in [5.74, 6) is 1.78. The molecule has 0 N–H and O–H groups in total. The van der Waals surface area contributed by atoms with Gasteiger partial charge in [0.1, 0.15) is 11.2 Å². The van der Waals surface area contributed by atoms with E-state index in [1.54, 1.807) is 0 Å². The molecule has 13 rings (SSSR count). The molecular formula is C58H33N5O. The van der Waals surface area contributed by atoms with Gasteiger partial charge in [0.15, 0.2) is 17.5 Å². The molecule has 0 unspecified atom stereocenters. The lowest BCUT2D eigenvalue weighted by Gasteiger charge is -2.10. The van der Waals surface area contributed by atoms with Crippen LogP contribution in [0.4, 0.5) is 0 Å². The lowest BCUT2D eigenvalue weighted by molar-refractivity contribution is 0.669. The summed E-state index contributed by atoms with van der Waals surface area (Å²) in [6, 6.07) is 71.9. The quantitative estimate of drug-likeness (QED) is 0.173. The van der Waals surface area contributed by atoms with Crippen LogP contribution in [0.5, 0.6) is 0 Å². The monoisotopic (exact) mass is 815 g/mol. The number of benzene rings is 10. The third-order valence-corrected chi connectivity index (χ3v) is 12.6. The predicted molar refractivity (Wildman–Crippen MR) is 260 cm³/mol. The summed E-state index contributed by atoms with van der Waals surface area (Å²) < 4.78 is 8.97. The molecule has 3 heterocycles. The molecule has 6 nitrogen and oxygen atoms in total. The molecular weight excluding hydrogens is 783 g/mol. The summed E-state index contributed by atoms with van der Waals surface area (Å²) in [6.07, 6.45) is 0. The number of rotatable bonds is 5. The van der Waals surface area contributed by atoms with E-state index in [9.17, 15) is 5.26 Å². The zero-order valence-electron chi connectivity index (χ0n) is 34.2. The van der Waals surface area contributed by atoms with Crippen molar-refractivity contribution in [1.82, 2.24) is 19.5 Å². The maximum Gasteiger partial charge on any atom is 0.164 e. The molecule has 296 valence electrons. The molecule has 6 heteroatoms. The summed E-state index contributed by atoms with van der Waals surface area (Å²) in [7, 11) is 0. The highest BCUT2D eigenvalue weighted by atomic mass is 16.3. The smallest absolute Gasteiger partial charge is 0.164 e. The molecule has 0 radical (unpaired) electrons. The molecule has 0 aliphatic rings. The lowest BCUT2D eigenvalue weighted by atomic mass is 10.0. The Morgan fingerprint density at radius 2 is 0.797 bits per heavy atom. The Morgan fingerprint density at radius 3 is 1.39 bits per heavy atom. The van der Waals surface area contributed by atoms with Gasteiger partial charge in [0.2, 0.25) is 0 Å². The molecule has 0 fully saturated rings. The highest BCUT2D eigenvalue weighted by molar-refractivity contribution is 6.12. The summed E-state index contributed by atoms with van der Waals surface area (Å²) in [4.78, 5) is 15.2. The number of fused-ring (bicyclic) bond motifs is 9. The van der Waals surface area contributed by atoms with Gasteiger partial charge in [-0.2, -0.15) is 5.26 Å². The van der Waals surface area contributed by atoms with E-state index in [-0.39, 0.29) is 0 Å². The molecule has 0 bridgehead atoms. The van der Waals surface area contributed by atoms with Crippen molar-refractivity contribution in [2.24, 2.45) is 0 Å². The number of furan rings is 1. The van der Waals surface area contributed by atoms with E-state index in [1.165, 1.54) is 10.8 Å². The van der Waals surface area contributed by atoms with E-state index >= 15 is 0 Å². The number of hydrogen-bond donors (Lipinski definition) is 0. The van der Waals surface area contributed by atoms with E-state index in [0.717, 1.165) is 98.8 Å². The van der Waals surface area contributed by atoms with Crippen molar-refractivity contribution in [3.05, 3.63) is 206 Å². The fraction of sp³-hybridized carbons (Fsp3) is 0. The molecule has 0 aliphatic carbocycles. The first-order valence-electron chi connectivity index (χ1n) is 21.3. The standard InChI is InChI=1S/C58H33N5O/c59-34-35-13-25-52-50(27-35)51-31-42(21-26-53(51)63(52)47-22-18-38-9-3-6-12-41(38)30-47)43-19-23-48-49-24-20-46(33-55(49)64-54(48)32-43)58-61-56(44-16-14-36-7-1-4-10-39(36)28-44)60-57(62-58)45-17-15-37-8-2-5-11-40(37)29-45/h1-33H. The van der Waals surface area contributed by atoms with E-state index in [4.69, 9.17) is 19.4 Å². The summed E-state index contributed by atoms with van der Waals surface area (Å²) in [6.45, 7) is 0. The van der Waals surface area contributed by atoms with Crippen LogP contribution in [0.1, 0.15) is 5.56 Å². The Morgan fingerprint density at radius 1 is 0.359 bits per heavy atom. The fourth-order valence-corrected chi connectivity index (χ4v) is 9.38. The van der Waals surface area contributed by atoms with E-state index in [2.05, 4.69) is 193 Å². The molecule has 0 saturated carbocycles. The van der Waals surface area contributed by atoms with E-state index < -0.39 is 0 Å². The topological polar surface area (TPSA) is 80.5 Å². The Kier molecular flexibility index (Phi) is 7.87. The normalized spacial score (nSPS) is 11.7. The van der Waals surface area contributed by atoms with Crippen molar-refractivity contribution in [2.75, 3.05) is 0 Å². The SMILES string of the molecule is N#Cc1ccc2c(c1)c1cc(-c3ccc4c(c3)oc3cc(-c5nc(-c6ccc7ccccc7c6)nc(-c6ccc7ccccc7c6)n5)ccc34)ccc1n2-c1ccc2ccccc2c1. The molecule has 0 aliphatic heterocycles. The van der Waals surface area contributed by atoms with Crippen LogP contribution in [-0.4, -0.2) is 19.5 Å². The minimum Gasteiger partial charge on any atom is -0.456 e. The van der Waals surface area contributed by atoms with Crippen molar-refractivity contribution in [3.63, 3.8) is 0 Å². The molecule has 3 aromatic heterocycles. The third kappa shape index (κ3) is 5.83. The summed E-state index contributed by atoms with van der Waals surface area (Å²) in [5.41, 5.74) is 10.1. The lowest BCUT2D eigenvalue weighted by Crippen LogP contribution is -2.00. The molecule has 0 amide bonds. The third-order valence-electron chi connectivity index (χ3n) is 12.6. The van der Waals surface area contributed by atoms with Gasteiger partial charge in [-0.25, -0.2) is 15.0 Å². The Balaban J connectivity index is 0.917. The molecule has 64 heavy (non-hydrogen) atoms. The van der Waals surface area contributed by atoms with Crippen LogP contribution in [0.15, 0.2) is 205 Å². The number of hydrogen-bond acceptors (Lipinski definition) is 5. The fourth-order valence-electron chi connectivity index (χ4n) is 9.38. The summed E-state index contributed by atoms with van der Waals surface area (Å²) >= 11 is 0. The largest absolute Gasteiger partial charge is 0.456 e. The Labute approximate surface area is 366 Å². The van der Waals surface area contributed by atoms with Gasteiger partial charge in [-0.05, 0) is 122 Å². The second-order valence-electron chi connectivity index (χ2n) is 16.4. The molecule has 0 spiro atoms. The minimum atomic E-state index is 0.570. The van der Waals surface area contributed by atoms with Crippen molar-refractivity contribution in [2.45, 2.75) is 0 Å². The van der Waals surface area contributed by atoms with E-state index in [0.29, 0.717) is 23.0 Å². The number of nitriles is 1. The average Bonchev–Trinajstić information content (AvgIpc) is 3.89. The predicted octanol–water partition coefficient (Wildman–Crippen LogP) is 14.9. The highest BCUT2D eigenvalue weighted by Gasteiger charge is 2.18. The van der Waals surface area contributed by atoms with Gasteiger partial charge in [0.25, 0.3) is 0 Å². The van der Waals surface area contributed by atoms with Gasteiger partial charge >= 0.3 is 0 Å². The molecule has 0 saturated heterocycles. The van der Waals surface area contributed by atoms with Crippen molar-refractivity contribution in [1.29, 1.82) is 5.26 Å². The summed E-state index contributed by atoms with van der Waals surface area (Å²) in [5, 5.41) is 21.0. The van der Waals surface area contributed by atoms with Crippen molar-refractivity contribution in [3.8, 4) is 57.0 Å². The minimum absolute atomic E-state index is 0.570. The number of nitrogens with zero attached hydrogens (tertiary/aromatic N) is 5. The van der Waals surface area contributed by atoms with Crippen LogP contribution < -0.4 is 0 Å². The maximum absolute atomic E-state index is 9.89. The van der Waals surface area contributed by atoms with Gasteiger partial charge in [-0.15, -0.1) is 0 Å².